The van der Waals surface area contributed by atoms with Crippen molar-refractivity contribution >= 4 is 5.91 Å². The van der Waals surface area contributed by atoms with Crippen molar-refractivity contribution in [3.05, 3.63) is 42.1 Å². The maximum absolute atomic E-state index is 12.1. The summed E-state index contributed by atoms with van der Waals surface area (Å²) < 4.78 is 7.17. The summed E-state index contributed by atoms with van der Waals surface area (Å²) in [6.45, 7) is 6.93. The zero-order valence-electron chi connectivity index (χ0n) is 13.6. The fraction of sp³-hybridized carbons (Fsp3) is 0.500. The van der Waals surface area contributed by atoms with Crippen LogP contribution >= 0.6 is 0 Å². The summed E-state index contributed by atoms with van der Waals surface area (Å²) in [4.78, 5) is 13.8. The van der Waals surface area contributed by atoms with Crippen molar-refractivity contribution in [2.75, 3.05) is 13.6 Å². The normalized spacial score (nSPS) is 13.8. The van der Waals surface area contributed by atoms with E-state index in [0.717, 1.165) is 11.3 Å². The lowest BCUT2D eigenvalue weighted by molar-refractivity contribution is -0.129. The predicted octanol–water partition coefficient (Wildman–Crippen LogP) is 1.98. The van der Waals surface area contributed by atoms with Crippen LogP contribution in [0.2, 0.25) is 0 Å². The van der Waals surface area contributed by atoms with Crippen LogP contribution in [0.3, 0.4) is 0 Å². The lowest BCUT2D eigenvalue weighted by atomic mass is 10.1. The van der Waals surface area contributed by atoms with Crippen molar-refractivity contribution < 1.29 is 9.21 Å². The number of hydrogen-bond donors (Lipinski definition) is 1. The van der Waals surface area contributed by atoms with Crippen LogP contribution in [0.25, 0.3) is 0 Å². The molecule has 6 nitrogen and oxygen atoms in total. The third-order valence-electron chi connectivity index (χ3n) is 3.85. The zero-order chi connectivity index (χ0) is 16.1. The molecule has 0 saturated carbocycles. The first-order valence-electron chi connectivity index (χ1n) is 7.48. The third kappa shape index (κ3) is 4.21. The van der Waals surface area contributed by atoms with Gasteiger partial charge in [0.2, 0.25) is 5.91 Å². The van der Waals surface area contributed by atoms with E-state index in [9.17, 15) is 4.79 Å². The Morgan fingerprint density at radius 1 is 1.50 bits per heavy atom. The SMILES string of the molecule is Cc1cnn([C@H](C)[C@H](C)NCC(=O)N(C)Cc2ccco2)c1. The number of nitrogens with one attached hydrogen (secondary N) is 1. The van der Waals surface area contributed by atoms with Crippen LogP contribution in [0.5, 0.6) is 0 Å². The molecule has 0 unspecified atom stereocenters. The first kappa shape index (κ1) is 16.3. The van der Waals surface area contributed by atoms with Crippen LogP contribution in [-0.2, 0) is 11.3 Å². The van der Waals surface area contributed by atoms with E-state index in [0.29, 0.717) is 13.1 Å². The van der Waals surface area contributed by atoms with Gasteiger partial charge in [-0.1, -0.05) is 0 Å². The standard InChI is InChI=1S/C16H24N4O2/c1-12-8-18-20(10-12)14(3)13(2)17-9-16(21)19(4)11-15-6-5-7-22-15/h5-8,10,13-14,17H,9,11H2,1-4H3/t13-,14+/m0/s1. The molecule has 2 aromatic heterocycles. The highest BCUT2D eigenvalue weighted by atomic mass is 16.3. The topological polar surface area (TPSA) is 63.3 Å². The first-order chi connectivity index (χ1) is 10.5. The van der Waals surface area contributed by atoms with Gasteiger partial charge in [0.15, 0.2) is 0 Å². The van der Waals surface area contributed by atoms with E-state index in [1.165, 1.54) is 0 Å². The summed E-state index contributed by atoms with van der Waals surface area (Å²) in [6.07, 6.45) is 5.46. The fourth-order valence-corrected chi connectivity index (χ4v) is 2.16. The zero-order valence-corrected chi connectivity index (χ0v) is 13.6. The van der Waals surface area contributed by atoms with Crippen LogP contribution in [0, 0.1) is 6.92 Å². The molecule has 2 aromatic rings. The Bertz CT molecular complexity index is 591. The summed E-state index contributed by atoms with van der Waals surface area (Å²) in [6, 6.07) is 4.00. The van der Waals surface area contributed by atoms with Crippen LogP contribution in [0.4, 0.5) is 0 Å². The number of rotatable bonds is 7. The van der Waals surface area contributed by atoms with E-state index < -0.39 is 0 Å². The second-order valence-electron chi connectivity index (χ2n) is 5.74. The molecular formula is C16H24N4O2. The van der Waals surface area contributed by atoms with E-state index in [1.807, 2.05) is 36.1 Å². The molecule has 2 heterocycles. The number of likely N-dealkylation sites (N-methyl/N-ethyl adjacent to an activating group) is 1. The van der Waals surface area contributed by atoms with Gasteiger partial charge in [0, 0.05) is 19.3 Å². The number of nitrogens with zero attached hydrogens (tertiary/aromatic N) is 3. The predicted molar refractivity (Wildman–Crippen MR) is 84.3 cm³/mol. The third-order valence-corrected chi connectivity index (χ3v) is 3.85. The molecule has 0 aliphatic rings. The Morgan fingerprint density at radius 3 is 2.86 bits per heavy atom. The number of amides is 1. The Balaban J connectivity index is 1.79. The minimum absolute atomic E-state index is 0.0343. The number of carbonyl (C=O) groups excluding carboxylic acids is 1. The minimum Gasteiger partial charge on any atom is -0.467 e. The molecule has 0 bridgehead atoms. The maximum atomic E-state index is 12.1. The van der Waals surface area contributed by atoms with Crippen LogP contribution in [-0.4, -0.2) is 40.2 Å². The molecule has 2 atom stereocenters. The molecule has 0 aliphatic heterocycles. The van der Waals surface area contributed by atoms with E-state index in [-0.39, 0.29) is 18.0 Å². The molecule has 0 fully saturated rings. The number of furan rings is 1. The average Bonchev–Trinajstić information content (AvgIpc) is 3.15. The molecule has 1 amide bonds. The Labute approximate surface area is 131 Å². The van der Waals surface area contributed by atoms with Gasteiger partial charge in [-0.05, 0) is 38.5 Å². The van der Waals surface area contributed by atoms with Gasteiger partial charge in [-0.2, -0.15) is 5.10 Å². The van der Waals surface area contributed by atoms with E-state index in [2.05, 4.69) is 24.3 Å². The van der Waals surface area contributed by atoms with Crippen molar-refractivity contribution in [1.82, 2.24) is 20.0 Å². The van der Waals surface area contributed by atoms with Crippen molar-refractivity contribution in [2.24, 2.45) is 0 Å². The van der Waals surface area contributed by atoms with Gasteiger partial charge in [0.05, 0.1) is 31.6 Å². The monoisotopic (exact) mass is 304 g/mol. The fourth-order valence-electron chi connectivity index (χ4n) is 2.16. The second kappa shape index (κ2) is 7.26. The van der Waals surface area contributed by atoms with Crippen LogP contribution in [0.1, 0.15) is 31.2 Å². The highest BCUT2D eigenvalue weighted by Gasteiger charge is 2.17. The molecule has 0 saturated heterocycles. The maximum Gasteiger partial charge on any atom is 0.236 e. The van der Waals surface area contributed by atoms with Gasteiger partial charge in [-0.15, -0.1) is 0 Å². The number of hydrogen-bond acceptors (Lipinski definition) is 4. The smallest absolute Gasteiger partial charge is 0.236 e. The van der Waals surface area contributed by atoms with E-state index in [1.54, 1.807) is 18.2 Å². The van der Waals surface area contributed by atoms with Gasteiger partial charge >= 0.3 is 0 Å². The number of aromatic nitrogens is 2. The van der Waals surface area contributed by atoms with Gasteiger partial charge in [-0.25, -0.2) is 0 Å². The first-order valence-corrected chi connectivity index (χ1v) is 7.48. The Morgan fingerprint density at radius 2 is 2.27 bits per heavy atom. The highest BCUT2D eigenvalue weighted by Crippen LogP contribution is 2.10. The van der Waals surface area contributed by atoms with Crippen molar-refractivity contribution in [3.63, 3.8) is 0 Å². The molecule has 0 aromatic carbocycles. The highest BCUT2D eigenvalue weighted by molar-refractivity contribution is 5.77. The quantitative estimate of drug-likeness (QED) is 0.849. The second-order valence-corrected chi connectivity index (χ2v) is 5.74. The largest absolute Gasteiger partial charge is 0.467 e. The average molecular weight is 304 g/mol. The molecule has 2 rings (SSSR count). The van der Waals surface area contributed by atoms with Crippen LogP contribution in [0.15, 0.2) is 35.2 Å². The van der Waals surface area contributed by atoms with Crippen molar-refractivity contribution in [2.45, 2.75) is 39.4 Å². The van der Waals surface area contributed by atoms with Gasteiger partial charge in [0.25, 0.3) is 0 Å². The van der Waals surface area contributed by atoms with Gasteiger partial charge in [-0.3, -0.25) is 9.48 Å². The molecular weight excluding hydrogens is 280 g/mol. The molecule has 22 heavy (non-hydrogen) atoms. The van der Waals surface area contributed by atoms with Crippen molar-refractivity contribution in [1.29, 1.82) is 0 Å². The summed E-state index contributed by atoms with van der Waals surface area (Å²) in [7, 11) is 1.78. The lowest BCUT2D eigenvalue weighted by Crippen LogP contribution is -2.41. The van der Waals surface area contributed by atoms with E-state index >= 15 is 0 Å². The Hall–Kier alpha value is -2.08. The van der Waals surface area contributed by atoms with Gasteiger partial charge < -0.3 is 14.6 Å². The molecule has 6 heteroatoms. The molecule has 0 aliphatic carbocycles. The summed E-state index contributed by atoms with van der Waals surface area (Å²) in [5.41, 5.74) is 1.13. The summed E-state index contributed by atoms with van der Waals surface area (Å²) in [5.74, 6) is 0.816. The van der Waals surface area contributed by atoms with Gasteiger partial charge in [0.1, 0.15) is 5.76 Å². The van der Waals surface area contributed by atoms with Crippen LogP contribution < -0.4 is 5.32 Å². The van der Waals surface area contributed by atoms with Crippen molar-refractivity contribution in [3.8, 4) is 0 Å². The summed E-state index contributed by atoms with van der Waals surface area (Å²) in [5, 5.41) is 7.59. The molecule has 0 radical (unpaired) electrons. The number of carbonyl (C=O) groups is 1. The molecule has 1 N–H and O–H groups in total. The summed E-state index contributed by atoms with van der Waals surface area (Å²) >= 11 is 0. The Kier molecular flexibility index (Phi) is 5.38. The minimum atomic E-state index is 0.0343. The molecule has 120 valence electrons. The van der Waals surface area contributed by atoms with E-state index in [4.69, 9.17) is 4.42 Å². The lowest BCUT2D eigenvalue weighted by Gasteiger charge is -2.23. The number of aryl methyl sites for hydroxylation is 1. The molecule has 0 spiro atoms.